The lowest BCUT2D eigenvalue weighted by Gasteiger charge is -2.07. The summed E-state index contributed by atoms with van der Waals surface area (Å²) in [6.45, 7) is 1.25. The first-order chi connectivity index (χ1) is 14.1. The predicted molar refractivity (Wildman–Crippen MR) is 107 cm³/mol. The molecule has 0 radical (unpaired) electrons. The van der Waals surface area contributed by atoms with Gasteiger partial charge < -0.3 is 10.1 Å². The SMILES string of the molecule is CC(=O)Nc1ccc(C(=O)COc2ncnc3c2cnn3-c2ccccc2)cc1. The summed E-state index contributed by atoms with van der Waals surface area (Å²) in [5, 5.41) is 7.63. The molecule has 0 saturated heterocycles. The standard InChI is InChI=1S/C21H17N5O3/c1-14(27)25-16-9-7-15(8-10-16)19(28)12-29-21-18-11-24-26(20(18)22-13-23-21)17-5-3-2-4-6-17/h2-11,13H,12H2,1H3,(H,25,27). The van der Waals surface area contributed by atoms with Crippen molar-refractivity contribution in [1.82, 2.24) is 19.7 Å². The van der Waals surface area contributed by atoms with E-state index in [2.05, 4.69) is 20.4 Å². The molecule has 4 rings (SSSR count). The van der Waals surface area contributed by atoms with Gasteiger partial charge in [0.2, 0.25) is 11.8 Å². The van der Waals surface area contributed by atoms with Crippen LogP contribution in [0.4, 0.5) is 5.69 Å². The molecule has 2 heterocycles. The third-order valence-corrected chi connectivity index (χ3v) is 4.20. The molecule has 2 aromatic heterocycles. The minimum absolute atomic E-state index is 0.170. The third kappa shape index (κ3) is 3.96. The van der Waals surface area contributed by atoms with Gasteiger partial charge in [-0.3, -0.25) is 9.59 Å². The number of rotatable bonds is 6. The van der Waals surface area contributed by atoms with Crippen LogP contribution in [0.25, 0.3) is 16.7 Å². The number of hydrogen-bond donors (Lipinski definition) is 1. The fourth-order valence-corrected chi connectivity index (χ4v) is 2.86. The van der Waals surface area contributed by atoms with Gasteiger partial charge in [0.15, 0.2) is 18.0 Å². The molecule has 0 aliphatic heterocycles. The Kier molecular flexibility index (Phi) is 4.98. The smallest absolute Gasteiger partial charge is 0.228 e. The van der Waals surface area contributed by atoms with Crippen molar-refractivity contribution in [2.45, 2.75) is 6.92 Å². The van der Waals surface area contributed by atoms with Crippen molar-refractivity contribution in [3.05, 3.63) is 72.7 Å². The average Bonchev–Trinajstić information content (AvgIpc) is 3.17. The molecule has 0 atom stereocenters. The summed E-state index contributed by atoms with van der Waals surface area (Å²) in [4.78, 5) is 31.9. The number of amides is 1. The highest BCUT2D eigenvalue weighted by Crippen LogP contribution is 2.23. The van der Waals surface area contributed by atoms with Crippen LogP contribution in [0, 0.1) is 0 Å². The van der Waals surface area contributed by atoms with E-state index < -0.39 is 0 Å². The molecule has 0 aliphatic rings. The number of carbonyl (C=O) groups excluding carboxylic acids is 2. The van der Waals surface area contributed by atoms with E-state index in [0.717, 1.165) is 5.69 Å². The molecule has 0 bridgehead atoms. The summed E-state index contributed by atoms with van der Waals surface area (Å²) >= 11 is 0. The van der Waals surface area contributed by atoms with Gasteiger partial charge in [0.1, 0.15) is 11.7 Å². The number of carbonyl (C=O) groups is 2. The lowest BCUT2D eigenvalue weighted by molar-refractivity contribution is -0.114. The van der Waals surface area contributed by atoms with Crippen LogP contribution in [-0.2, 0) is 4.79 Å². The Balaban J connectivity index is 1.50. The highest BCUT2D eigenvalue weighted by atomic mass is 16.5. The van der Waals surface area contributed by atoms with Crippen molar-refractivity contribution in [2.75, 3.05) is 11.9 Å². The number of benzene rings is 2. The number of ketones is 1. The van der Waals surface area contributed by atoms with Crippen LogP contribution in [0.15, 0.2) is 67.1 Å². The minimum atomic E-state index is -0.207. The van der Waals surface area contributed by atoms with E-state index in [0.29, 0.717) is 28.2 Å². The lowest BCUT2D eigenvalue weighted by atomic mass is 10.1. The first-order valence-electron chi connectivity index (χ1n) is 8.89. The van der Waals surface area contributed by atoms with E-state index in [1.165, 1.54) is 13.3 Å². The Morgan fingerprint density at radius 1 is 1.03 bits per heavy atom. The maximum Gasteiger partial charge on any atom is 0.228 e. The fourth-order valence-electron chi connectivity index (χ4n) is 2.86. The van der Waals surface area contributed by atoms with Gasteiger partial charge in [0.05, 0.1) is 11.9 Å². The number of Topliss-reactive ketones (excluding diaryl/α,β-unsaturated/α-hetero) is 1. The number of nitrogens with zero attached hydrogens (tertiary/aromatic N) is 4. The molecule has 1 amide bonds. The molecule has 8 heteroatoms. The van der Waals surface area contributed by atoms with Crippen LogP contribution in [-0.4, -0.2) is 38.0 Å². The van der Waals surface area contributed by atoms with Crippen LogP contribution < -0.4 is 10.1 Å². The van der Waals surface area contributed by atoms with E-state index in [-0.39, 0.29) is 18.3 Å². The zero-order valence-electron chi connectivity index (χ0n) is 15.6. The van der Waals surface area contributed by atoms with Crippen LogP contribution in [0.2, 0.25) is 0 Å². The van der Waals surface area contributed by atoms with Crippen LogP contribution in [0.1, 0.15) is 17.3 Å². The second-order valence-electron chi connectivity index (χ2n) is 6.28. The van der Waals surface area contributed by atoms with E-state index in [9.17, 15) is 9.59 Å². The second-order valence-corrected chi connectivity index (χ2v) is 6.28. The Morgan fingerprint density at radius 2 is 1.79 bits per heavy atom. The summed E-state index contributed by atoms with van der Waals surface area (Å²) in [6, 6.07) is 16.2. The third-order valence-electron chi connectivity index (χ3n) is 4.20. The van der Waals surface area contributed by atoms with Gasteiger partial charge in [-0.1, -0.05) is 18.2 Å². The van der Waals surface area contributed by atoms with Gasteiger partial charge in [0.25, 0.3) is 0 Å². The van der Waals surface area contributed by atoms with Crippen molar-refractivity contribution >= 4 is 28.4 Å². The van der Waals surface area contributed by atoms with Crippen molar-refractivity contribution < 1.29 is 14.3 Å². The van der Waals surface area contributed by atoms with Crippen LogP contribution in [0.3, 0.4) is 0 Å². The number of hydrogen-bond acceptors (Lipinski definition) is 6. The molecule has 0 unspecified atom stereocenters. The number of anilines is 1. The van der Waals surface area contributed by atoms with Gasteiger partial charge in [-0.05, 0) is 36.4 Å². The molecule has 0 aliphatic carbocycles. The van der Waals surface area contributed by atoms with E-state index in [1.54, 1.807) is 35.1 Å². The number of aromatic nitrogens is 4. The summed E-state index contributed by atoms with van der Waals surface area (Å²) in [7, 11) is 0. The van der Waals surface area contributed by atoms with Crippen molar-refractivity contribution in [1.29, 1.82) is 0 Å². The Labute approximate surface area is 166 Å². The van der Waals surface area contributed by atoms with Gasteiger partial charge in [-0.15, -0.1) is 0 Å². The summed E-state index contributed by atoms with van der Waals surface area (Å²) < 4.78 is 7.34. The number of ether oxygens (including phenoxy) is 1. The molecule has 4 aromatic rings. The molecule has 29 heavy (non-hydrogen) atoms. The van der Waals surface area contributed by atoms with Gasteiger partial charge in [0, 0.05) is 18.2 Å². The molecule has 0 saturated carbocycles. The summed E-state index contributed by atoms with van der Waals surface area (Å²) in [6.07, 6.45) is 3.00. The van der Waals surface area contributed by atoms with E-state index >= 15 is 0 Å². The molecular formula is C21H17N5O3. The van der Waals surface area contributed by atoms with Crippen molar-refractivity contribution in [3.63, 3.8) is 0 Å². The first-order valence-corrected chi connectivity index (χ1v) is 8.89. The largest absolute Gasteiger partial charge is 0.469 e. The fraction of sp³-hybridized carbons (Fsp3) is 0.0952. The highest BCUT2D eigenvalue weighted by Gasteiger charge is 2.14. The molecule has 8 nitrogen and oxygen atoms in total. The van der Waals surface area contributed by atoms with Gasteiger partial charge >= 0.3 is 0 Å². The maximum atomic E-state index is 12.4. The topological polar surface area (TPSA) is 99.0 Å². The number of para-hydroxylation sites is 1. The Hall–Kier alpha value is -4.07. The Bertz CT molecular complexity index is 1170. The van der Waals surface area contributed by atoms with Crippen molar-refractivity contribution in [2.24, 2.45) is 0 Å². The zero-order valence-corrected chi connectivity index (χ0v) is 15.6. The Morgan fingerprint density at radius 3 is 2.52 bits per heavy atom. The minimum Gasteiger partial charge on any atom is -0.469 e. The van der Waals surface area contributed by atoms with Gasteiger partial charge in [-0.25, -0.2) is 14.6 Å². The summed E-state index contributed by atoms with van der Waals surface area (Å²) in [5.41, 5.74) is 2.56. The number of fused-ring (bicyclic) bond motifs is 1. The van der Waals surface area contributed by atoms with E-state index in [1.807, 2.05) is 30.3 Å². The molecular weight excluding hydrogens is 370 g/mol. The molecule has 144 valence electrons. The average molecular weight is 387 g/mol. The highest BCUT2D eigenvalue weighted by molar-refractivity contribution is 5.98. The number of nitrogens with one attached hydrogen (secondary N) is 1. The summed E-state index contributed by atoms with van der Waals surface area (Å²) in [5.74, 6) is -0.0850. The maximum absolute atomic E-state index is 12.4. The zero-order chi connectivity index (χ0) is 20.2. The predicted octanol–water partition coefficient (Wildman–Crippen LogP) is 3.04. The monoisotopic (exact) mass is 387 g/mol. The molecule has 0 fully saturated rings. The second kappa shape index (κ2) is 7.89. The van der Waals surface area contributed by atoms with Crippen LogP contribution >= 0.6 is 0 Å². The quantitative estimate of drug-likeness (QED) is 0.511. The van der Waals surface area contributed by atoms with E-state index in [4.69, 9.17) is 4.74 Å². The van der Waals surface area contributed by atoms with Crippen LogP contribution in [0.5, 0.6) is 5.88 Å². The molecule has 1 N–H and O–H groups in total. The molecule has 2 aromatic carbocycles. The lowest BCUT2D eigenvalue weighted by Crippen LogP contribution is -2.13. The molecule has 0 spiro atoms. The van der Waals surface area contributed by atoms with Gasteiger partial charge in [-0.2, -0.15) is 5.10 Å². The van der Waals surface area contributed by atoms with Crippen molar-refractivity contribution in [3.8, 4) is 11.6 Å². The normalized spacial score (nSPS) is 10.7. The first kappa shape index (κ1) is 18.3.